The Morgan fingerprint density at radius 1 is 1.08 bits per heavy atom. The molecule has 5 nitrogen and oxygen atoms in total. The van der Waals surface area contributed by atoms with E-state index in [4.69, 9.17) is 0 Å². The molecule has 0 bridgehead atoms. The number of urea groups is 1. The van der Waals surface area contributed by atoms with Gasteiger partial charge in [0.1, 0.15) is 5.82 Å². The Hall–Kier alpha value is -3.15. The van der Waals surface area contributed by atoms with Crippen molar-refractivity contribution in [2.75, 3.05) is 5.32 Å². The van der Waals surface area contributed by atoms with Gasteiger partial charge >= 0.3 is 6.03 Å². The van der Waals surface area contributed by atoms with E-state index >= 15 is 0 Å². The van der Waals surface area contributed by atoms with Crippen LogP contribution in [0.25, 0.3) is 0 Å². The van der Waals surface area contributed by atoms with Gasteiger partial charge in [0, 0.05) is 5.70 Å². The van der Waals surface area contributed by atoms with Crippen LogP contribution >= 0.6 is 0 Å². The number of hydrogen-bond donors (Lipinski definition) is 3. The maximum atomic E-state index is 13.8. The topological polar surface area (TPSA) is 70.2 Å². The Bertz CT molecular complexity index is 859. The number of hydrogen-bond acceptors (Lipinski definition) is 2. The fourth-order valence-corrected chi connectivity index (χ4v) is 2.76. The van der Waals surface area contributed by atoms with Gasteiger partial charge in [0.25, 0.3) is 5.91 Å². The lowest BCUT2D eigenvalue weighted by Crippen LogP contribution is -2.46. The van der Waals surface area contributed by atoms with Crippen molar-refractivity contribution in [3.63, 3.8) is 0 Å². The summed E-state index contributed by atoms with van der Waals surface area (Å²) in [7, 11) is 0. The number of aryl methyl sites for hydroxylation is 1. The highest BCUT2D eigenvalue weighted by molar-refractivity contribution is 6.06. The first-order valence-corrected chi connectivity index (χ1v) is 7.86. The van der Waals surface area contributed by atoms with Crippen LogP contribution in [-0.2, 0) is 4.79 Å². The van der Waals surface area contributed by atoms with Crippen LogP contribution in [0, 0.1) is 12.7 Å². The third kappa shape index (κ3) is 3.52. The summed E-state index contributed by atoms with van der Waals surface area (Å²) in [6.07, 6.45) is 0. The van der Waals surface area contributed by atoms with Gasteiger partial charge in [0.2, 0.25) is 0 Å². The summed E-state index contributed by atoms with van der Waals surface area (Å²) in [6, 6.07) is 12.5. The molecular formula is C19H18FN3O2. The lowest BCUT2D eigenvalue weighted by molar-refractivity contribution is -0.113. The predicted molar refractivity (Wildman–Crippen MR) is 93.3 cm³/mol. The smallest absolute Gasteiger partial charge is 0.319 e. The van der Waals surface area contributed by atoms with E-state index in [0.717, 1.165) is 11.1 Å². The summed E-state index contributed by atoms with van der Waals surface area (Å²) in [4.78, 5) is 24.6. The molecule has 0 aliphatic carbocycles. The fraction of sp³-hybridized carbons (Fsp3) is 0.158. The summed E-state index contributed by atoms with van der Waals surface area (Å²) in [5.74, 6) is -0.991. The van der Waals surface area contributed by atoms with Crippen LogP contribution in [0.3, 0.4) is 0 Å². The highest BCUT2D eigenvalue weighted by atomic mass is 19.1. The van der Waals surface area contributed by atoms with E-state index in [1.807, 2.05) is 31.2 Å². The fourth-order valence-electron chi connectivity index (χ4n) is 2.76. The second-order valence-electron chi connectivity index (χ2n) is 5.91. The molecule has 0 aromatic heterocycles. The molecule has 1 atom stereocenters. The molecule has 3 rings (SSSR count). The van der Waals surface area contributed by atoms with Crippen LogP contribution in [0.15, 0.2) is 59.8 Å². The van der Waals surface area contributed by atoms with Crippen molar-refractivity contribution in [3.8, 4) is 0 Å². The largest absolute Gasteiger partial charge is 0.327 e. The minimum absolute atomic E-state index is 0.0901. The van der Waals surface area contributed by atoms with E-state index in [1.165, 1.54) is 12.1 Å². The molecular weight excluding hydrogens is 321 g/mol. The van der Waals surface area contributed by atoms with Crippen molar-refractivity contribution in [1.29, 1.82) is 0 Å². The van der Waals surface area contributed by atoms with E-state index in [9.17, 15) is 14.0 Å². The molecule has 6 heteroatoms. The number of benzene rings is 2. The number of halogens is 1. The summed E-state index contributed by atoms with van der Waals surface area (Å²) in [5.41, 5.74) is 2.71. The maximum absolute atomic E-state index is 13.8. The zero-order chi connectivity index (χ0) is 18.0. The highest BCUT2D eigenvalue weighted by Crippen LogP contribution is 2.28. The minimum atomic E-state index is -0.610. The number of rotatable bonds is 3. The molecule has 1 aliphatic heterocycles. The van der Waals surface area contributed by atoms with E-state index in [1.54, 1.807) is 19.1 Å². The van der Waals surface area contributed by atoms with E-state index in [-0.39, 0.29) is 11.7 Å². The predicted octanol–water partition coefficient (Wildman–Crippen LogP) is 3.40. The van der Waals surface area contributed by atoms with Crippen LogP contribution in [0.2, 0.25) is 0 Å². The first kappa shape index (κ1) is 16.7. The van der Waals surface area contributed by atoms with Gasteiger partial charge in [-0.2, -0.15) is 0 Å². The van der Waals surface area contributed by atoms with Gasteiger partial charge in [0.05, 0.1) is 17.3 Å². The number of carbonyl (C=O) groups is 2. The van der Waals surface area contributed by atoms with Crippen molar-refractivity contribution in [2.45, 2.75) is 19.9 Å². The number of para-hydroxylation sites is 1. The first-order chi connectivity index (χ1) is 12.0. The number of allylic oxidation sites excluding steroid dienone is 1. The molecule has 1 aliphatic rings. The second kappa shape index (κ2) is 6.76. The highest BCUT2D eigenvalue weighted by Gasteiger charge is 2.31. The summed E-state index contributed by atoms with van der Waals surface area (Å²) in [6.45, 7) is 3.61. The lowest BCUT2D eigenvalue weighted by Gasteiger charge is -2.28. The molecule has 0 fully saturated rings. The second-order valence-corrected chi connectivity index (χ2v) is 5.91. The minimum Gasteiger partial charge on any atom is -0.327 e. The molecule has 2 aromatic rings. The molecule has 2 aromatic carbocycles. The molecule has 0 spiro atoms. The molecule has 3 amide bonds. The van der Waals surface area contributed by atoms with Crippen LogP contribution in [-0.4, -0.2) is 11.9 Å². The molecule has 0 saturated carbocycles. The number of anilines is 1. The Kier molecular flexibility index (Phi) is 4.52. The standard InChI is InChI=1S/C19H18FN3O2/c1-11-7-9-13(10-8-11)17-16(12(2)21-19(25)23-17)18(24)22-15-6-4-3-5-14(15)20/h3-10,17H,1-2H3,(H,22,24)(H2,21,23,25). The lowest BCUT2D eigenvalue weighted by atomic mass is 9.94. The molecule has 0 radical (unpaired) electrons. The molecule has 25 heavy (non-hydrogen) atoms. The van der Waals surface area contributed by atoms with Gasteiger partial charge in [-0.1, -0.05) is 42.0 Å². The van der Waals surface area contributed by atoms with Gasteiger partial charge < -0.3 is 16.0 Å². The zero-order valence-electron chi connectivity index (χ0n) is 13.9. The average molecular weight is 339 g/mol. The van der Waals surface area contributed by atoms with E-state index in [0.29, 0.717) is 11.3 Å². The summed E-state index contributed by atoms with van der Waals surface area (Å²) >= 11 is 0. The quantitative estimate of drug-likeness (QED) is 0.802. The van der Waals surface area contributed by atoms with Crippen molar-refractivity contribution < 1.29 is 14.0 Å². The Labute approximate surface area is 144 Å². The van der Waals surface area contributed by atoms with Crippen molar-refractivity contribution in [2.24, 2.45) is 0 Å². The zero-order valence-corrected chi connectivity index (χ0v) is 13.9. The molecule has 1 unspecified atom stereocenters. The van der Waals surface area contributed by atoms with Gasteiger partial charge in [-0.25, -0.2) is 9.18 Å². The monoisotopic (exact) mass is 339 g/mol. The Balaban J connectivity index is 1.96. The summed E-state index contributed by atoms with van der Waals surface area (Å²) in [5, 5.41) is 7.92. The van der Waals surface area contributed by atoms with Gasteiger partial charge in [-0.3, -0.25) is 4.79 Å². The van der Waals surface area contributed by atoms with Gasteiger partial charge in [-0.05, 0) is 31.5 Å². The number of carbonyl (C=O) groups excluding carboxylic acids is 2. The van der Waals surface area contributed by atoms with Gasteiger partial charge in [0.15, 0.2) is 0 Å². The van der Waals surface area contributed by atoms with Gasteiger partial charge in [-0.15, -0.1) is 0 Å². The maximum Gasteiger partial charge on any atom is 0.319 e. The number of nitrogens with one attached hydrogen (secondary N) is 3. The van der Waals surface area contributed by atoms with E-state index < -0.39 is 17.8 Å². The molecule has 128 valence electrons. The Morgan fingerprint density at radius 3 is 2.44 bits per heavy atom. The average Bonchev–Trinajstić information content (AvgIpc) is 2.57. The van der Waals surface area contributed by atoms with Crippen LogP contribution in [0.5, 0.6) is 0 Å². The molecule has 1 heterocycles. The molecule has 3 N–H and O–H groups in total. The van der Waals surface area contributed by atoms with Crippen molar-refractivity contribution in [3.05, 3.63) is 76.7 Å². The molecule has 0 saturated heterocycles. The summed E-state index contributed by atoms with van der Waals surface area (Å²) < 4.78 is 13.8. The third-order valence-electron chi connectivity index (χ3n) is 4.05. The van der Waals surface area contributed by atoms with E-state index in [2.05, 4.69) is 16.0 Å². The van der Waals surface area contributed by atoms with Crippen molar-refractivity contribution >= 4 is 17.6 Å². The van der Waals surface area contributed by atoms with Crippen LogP contribution in [0.4, 0.5) is 14.9 Å². The third-order valence-corrected chi connectivity index (χ3v) is 4.05. The van der Waals surface area contributed by atoms with Crippen molar-refractivity contribution in [1.82, 2.24) is 10.6 Å². The normalized spacial score (nSPS) is 16.9. The number of amides is 3. The van der Waals surface area contributed by atoms with Crippen LogP contribution in [0.1, 0.15) is 24.1 Å². The van der Waals surface area contributed by atoms with Crippen LogP contribution < -0.4 is 16.0 Å². The SMILES string of the molecule is CC1=C(C(=O)Nc2ccccc2F)C(c2ccc(C)cc2)NC(=O)N1. The first-order valence-electron chi connectivity index (χ1n) is 7.86. The Morgan fingerprint density at radius 2 is 1.76 bits per heavy atom.